The van der Waals surface area contributed by atoms with E-state index in [0.717, 1.165) is 24.2 Å². The lowest BCUT2D eigenvalue weighted by atomic mass is 10.1. The summed E-state index contributed by atoms with van der Waals surface area (Å²) in [5.74, 6) is 0. The summed E-state index contributed by atoms with van der Waals surface area (Å²) < 4.78 is 26.8. The fraction of sp³-hybridized carbons (Fsp3) is 0.692. The molecule has 0 bridgehead atoms. The Kier molecular flexibility index (Phi) is 8.06. The summed E-state index contributed by atoms with van der Waals surface area (Å²) in [5.41, 5.74) is 0. The molecule has 0 spiro atoms. The monoisotopic (exact) mass is 339 g/mol. The summed E-state index contributed by atoms with van der Waals surface area (Å²) in [6.45, 7) is 2.20. The van der Waals surface area contributed by atoms with Gasteiger partial charge in [-0.25, -0.2) is 13.1 Å². The quantitative estimate of drug-likeness (QED) is 0.642. The number of aliphatic hydroxyl groups excluding tert-OH is 1. The second-order valence-corrected chi connectivity index (χ2v) is 8.48. The Bertz CT molecular complexity index is 488. The molecule has 7 heteroatoms. The lowest BCUT2D eigenvalue weighted by Gasteiger charge is -2.11. The maximum absolute atomic E-state index is 11.9. The first-order valence-corrected chi connectivity index (χ1v) is 9.56. The molecule has 1 heterocycles. The van der Waals surface area contributed by atoms with Crippen LogP contribution in [0.5, 0.6) is 0 Å². The fourth-order valence-electron chi connectivity index (χ4n) is 1.80. The number of aliphatic hydroxyl groups is 1. The Balaban J connectivity index is 2.28. The van der Waals surface area contributed by atoms with Gasteiger partial charge in [0.05, 0.1) is 10.4 Å². The molecule has 0 amide bonds. The Labute approximate surface area is 130 Å². The van der Waals surface area contributed by atoms with Crippen molar-refractivity contribution in [3.8, 4) is 0 Å². The first kappa shape index (κ1) is 17.9. The number of unbranched alkanes of at least 4 members (excludes halogenated alkanes) is 4. The molecule has 0 aliphatic rings. The van der Waals surface area contributed by atoms with Gasteiger partial charge in [0.25, 0.3) is 0 Å². The van der Waals surface area contributed by atoms with Crippen LogP contribution in [0.4, 0.5) is 0 Å². The molecule has 1 rings (SSSR count). The van der Waals surface area contributed by atoms with Gasteiger partial charge < -0.3 is 5.11 Å². The summed E-state index contributed by atoms with van der Waals surface area (Å²) in [6.07, 6.45) is 5.56. The van der Waals surface area contributed by atoms with Crippen LogP contribution in [0.3, 0.4) is 0 Å². The summed E-state index contributed by atoms with van der Waals surface area (Å²) in [5, 5.41) is 9.77. The van der Waals surface area contributed by atoms with E-state index in [1.807, 2.05) is 0 Å². The fourth-order valence-corrected chi connectivity index (χ4v) is 4.40. The molecule has 0 radical (unpaired) electrons. The van der Waals surface area contributed by atoms with Gasteiger partial charge in [0, 0.05) is 6.54 Å². The van der Waals surface area contributed by atoms with E-state index in [1.165, 1.54) is 25.3 Å². The predicted molar refractivity (Wildman–Crippen MR) is 83.9 cm³/mol. The lowest BCUT2D eigenvalue weighted by Crippen LogP contribution is -2.31. The summed E-state index contributed by atoms with van der Waals surface area (Å²) in [6, 6.07) is 3.01. The molecular formula is C13H22ClNO3S2. The highest BCUT2D eigenvalue weighted by Gasteiger charge is 2.17. The summed E-state index contributed by atoms with van der Waals surface area (Å²) in [4.78, 5) is 0. The highest BCUT2D eigenvalue weighted by Crippen LogP contribution is 2.25. The average Bonchev–Trinajstić information content (AvgIpc) is 2.84. The molecule has 0 aliphatic heterocycles. The first-order valence-electron chi connectivity index (χ1n) is 6.88. The van der Waals surface area contributed by atoms with Gasteiger partial charge in [0.15, 0.2) is 0 Å². The molecule has 1 atom stereocenters. The standard InChI is InChI=1S/C13H22ClNO3S2/c1-2-3-4-5-6-7-11(16)10-15-20(17,18)13-9-8-12(14)19-13/h8-9,11,15-16H,2-7,10H2,1H3/t11-/m1/s1. The lowest BCUT2D eigenvalue weighted by molar-refractivity contribution is 0.164. The van der Waals surface area contributed by atoms with Crippen LogP contribution in [0, 0.1) is 0 Å². The molecule has 0 fully saturated rings. The maximum Gasteiger partial charge on any atom is 0.250 e. The predicted octanol–water partition coefficient (Wildman–Crippen LogP) is 3.40. The number of nitrogens with one attached hydrogen (secondary N) is 1. The first-order chi connectivity index (χ1) is 9.45. The van der Waals surface area contributed by atoms with E-state index in [1.54, 1.807) is 6.07 Å². The Morgan fingerprint density at radius 3 is 2.60 bits per heavy atom. The number of sulfonamides is 1. The van der Waals surface area contributed by atoms with E-state index >= 15 is 0 Å². The topological polar surface area (TPSA) is 66.4 Å². The SMILES string of the molecule is CCCCCCC[C@@H](O)CNS(=O)(=O)c1ccc(Cl)s1. The second kappa shape index (κ2) is 9.00. The number of rotatable bonds is 10. The molecule has 0 aliphatic carbocycles. The van der Waals surface area contributed by atoms with E-state index in [9.17, 15) is 13.5 Å². The Hall–Kier alpha value is -0.140. The van der Waals surface area contributed by atoms with Crippen LogP contribution >= 0.6 is 22.9 Å². The van der Waals surface area contributed by atoms with Crippen LogP contribution in [0.25, 0.3) is 0 Å². The van der Waals surface area contributed by atoms with Crippen molar-refractivity contribution in [2.45, 2.75) is 55.8 Å². The van der Waals surface area contributed by atoms with E-state index in [-0.39, 0.29) is 10.8 Å². The van der Waals surface area contributed by atoms with E-state index in [2.05, 4.69) is 11.6 Å². The maximum atomic E-state index is 11.9. The van der Waals surface area contributed by atoms with E-state index in [4.69, 9.17) is 11.6 Å². The molecule has 0 saturated carbocycles. The zero-order valence-electron chi connectivity index (χ0n) is 11.6. The van der Waals surface area contributed by atoms with Crippen molar-refractivity contribution in [2.75, 3.05) is 6.54 Å². The van der Waals surface area contributed by atoms with Crippen molar-refractivity contribution in [2.24, 2.45) is 0 Å². The van der Waals surface area contributed by atoms with Crippen molar-refractivity contribution in [1.82, 2.24) is 4.72 Å². The van der Waals surface area contributed by atoms with Gasteiger partial charge in [-0.15, -0.1) is 11.3 Å². The molecule has 0 aromatic carbocycles. The number of hydrogen-bond acceptors (Lipinski definition) is 4. The van der Waals surface area contributed by atoms with Crippen LogP contribution in [-0.4, -0.2) is 26.2 Å². The minimum atomic E-state index is -3.55. The average molecular weight is 340 g/mol. The second-order valence-electron chi connectivity index (χ2n) is 4.77. The Morgan fingerprint density at radius 1 is 1.30 bits per heavy atom. The van der Waals surface area contributed by atoms with Crippen molar-refractivity contribution in [1.29, 1.82) is 0 Å². The van der Waals surface area contributed by atoms with Crippen LogP contribution in [0.15, 0.2) is 16.3 Å². The van der Waals surface area contributed by atoms with Gasteiger partial charge in [-0.05, 0) is 18.6 Å². The van der Waals surface area contributed by atoms with Crippen LogP contribution in [-0.2, 0) is 10.0 Å². The third-order valence-corrected chi connectivity index (χ3v) is 6.11. The van der Waals surface area contributed by atoms with Crippen LogP contribution in [0.2, 0.25) is 4.34 Å². The summed E-state index contributed by atoms with van der Waals surface area (Å²) in [7, 11) is -3.55. The number of halogens is 1. The van der Waals surface area contributed by atoms with Gasteiger partial charge in [-0.2, -0.15) is 0 Å². The van der Waals surface area contributed by atoms with Crippen LogP contribution in [0.1, 0.15) is 45.4 Å². The molecule has 0 saturated heterocycles. The zero-order chi connectivity index (χ0) is 15.0. The molecule has 0 unspecified atom stereocenters. The van der Waals surface area contributed by atoms with Crippen molar-refractivity contribution < 1.29 is 13.5 Å². The van der Waals surface area contributed by atoms with E-state index < -0.39 is 16.1 Å². The minimum absolute atomic E-state index is 0.0473. The normalized spacial score (nSPS) is 13.6. The largest absolute Gasteiger partial charge is 0.392 e. The van der Waals surface area contributed by atoms with Gasteiger partial charge >= 0.3 is 0 Å². The molecule has 116 valence electrons. The molecule has 20 heavy (non-hydrogen) atoms. The van der Waals surface area contributed by atoms with E-state index in [0.29, 0.717) is 10.8 Å². The number of hydrogen-bond donors (Lipinski definition) is 2. The summed E-state index contributed by atoms with van der Waals surface area (Å²) >= 11 is 6.72. The smallest absolute Gasteiger partial charge is 0.250 e. The highest BCUT2D eigenvalue weighted by atomic mass is 35.5. The van der Waals surface area contributed by atoms with Crippen molar-refractivity contribution >= 4 is 33.0 Å². The van der Waals surface area contributed by atoms with Gasteiger partial charge in [-0.3, -0.25) is 0 Å². The Morgan fingerprint density at radius 2 is 2.00 bits per heavy atom. The minimum Gasteiger partial charge on any atom is -0.392 e. The van der Waals surface area contributed by atoms with Crippen molar-refractivity contribution in [3.63, 3.8) is 0 Å². The zero-order valence-corrected chi connectivity index (χ0v) is 14.0. The van der Waals surface area contributed by atoms with Gasteiger partial charge in [-0.1, -0.05) is 50.6 Å². The van der Waals surface area contributed by atoms with Crippen molar-refractivity contribution in [3.05, 3.63) is 16.5 Å². The third-order valence-electron chi connectivity index (χ3n) is 2.96. The molecule has 1 aromatic rings. The molecular weight excluding hydrogens is 318 g/mol. The van der Waals surface area contributed by atoms with Crippen LogP contribution < -0.4 is 4.72 Å². The van der Waals surface area contributed by atoms with Gasteiger partial charge in [0.1, 0.15) is 4.21 Å². The molecule has 2 N–H and O–H groups in total. The highest BCUT2D eigenvalue weighted by molar-refractivity contribution is 7.91. The third kappa shape index (κ3) is 6.54. The molecule has 4 nitrogen and oxygen atoms in total. The number of thiophene rings is 1. The van der Waals surface area contributed by atoms with Gasteiger partial charge in [0.2, 0.25) is 10.0 Å². The molecule has 1 aromatic heterocycles.